The van der Waals surface area contributed by atoms with Crippen LogP contribution in [0.3, 0.4) is 0 Å². The van der Waals surface area contributed by atoms with Crippen molar-refractivity contribution in [3.8, 4) is 0 Å². The monoisotopic (exact) mass is 506 g/mol. The molecule has 0 bridgehead atoms. The number of benzene rings is 1. The van der Waals surface area contributed by atoms with E-state index in [0.29, 0.717) is 42.5 Å². The van der Waals surface area contributed by atoms with Crippen LogP contribution in [0.15, 0.2) is 40.9 Å². The molecule has 0 spiro atoms. The first-order chi connectivity index (χ1) is 17.7. The fourth-order valence-electron chi connectivity index (χ4n) is 4.53. The Hall–Kier alpha value is -4.21. The summed E-state index contributed by atoms with van der Waals surface area (Å²) in [5, 5.41) is 5.95. The zero-order valence-corrected chi connectivity index (χ0v) is 21.3. The van der Waals surface area contributed by atoms with E-state index in [4.69, 9.17) is 9.15 Å². The van der Waals surface area contributed by atoms with Crippen molar-refractivity contribution in [3.05, 3.63) is 53.4 Å². The largest absolute Gasteiger partial charge is 0.465 e. The number of carbonyl (C=O) groups is 4. The third-order valence-corrected chi connectivity index (χ3v) is 6.60. The Labute approximate surface area is 214 Å². The summed E-state index contributed by atoms with van der Waals surface area (Å²) in [6.45, 7) is 1.88. The third-order valence-electron chi connectivity index (χ3n) is 6.60. The minimum Gasteiger partial charge on any atom is -0.465 e. The number of anilines is 2. The van der Waals surface area contributed by atoms with Gasteiger partial charge in [-0.3, -0.25) is 14.4 Å². The normalized spacial score (nSPS) is 17.2. The first-order valence-corrected chi connectivity index (χ1v) is 12.1. The van der Waals surface area contributed by atoms with E-state index in [1.54, 1.807) is 37.3 Å². The Morgan fingerprint density at radius 1 is 1.00 bits per heavy atom. The number of methoxy groups -OCH3 is 1. The number of aromatic nitrogens is 1. The molecule has 0 saturated heterocycles. The molecule has 194 valence electrons. The van der Waals surface area contributed by atoms with E-state index in [1.807, 2.05) is 13.0 Å². The maximum absolute atomic E-state index is 13.3. The number of carbonyl (C=O) groups excluding carboxylic acids is 4. The van der Waals surface area contributed by atoms with Crippen LogP contribution in [0.25, 0.3) is 11.0 Å². The molecule has 1 fully saturated rings. The van der Waals surface area contributed by atoms with Gasteiger partial charge in [-0.05, 0) is 62.4 Å². The number of nitrogens with one attached hydrogen (secondary N) is 2. The van der Waals surface area contributed by atoms with Crippen molar-refractivity contribution >= 4 is 46.2 Å². The molecule has 4 rings (SSSR count). The van der Waals surface area contributed by atoms with E-state index < -0.39 is 11.9 Å². The van der Waals surface area contributed by atoms with Crippen molar-refractivity contribution in [2.45, 2.75) is 32.6 Å². The number of amides is 3. The topological polar surface area (TPSA) is 131 Å². The smallest absolute Gasteiger partial charge is 0.337 e. The molecule has 0 atom stereocenters. The number of hydrogen-bond donors (Lipinski definition) is 2. The first kappa shape index (κ1) is 25.9. The maximum Gasteiger partial charge on any atom is 0.337 e. The summed E-state index contributed by atoms with van der Waals surface area (Å²) in [6.07, 6.45) is 3.94. The summed E-state index contributed by atoms with van der Waals surface area (Å²) in [5.41, 5.74) is 1.68. The molecule has 1 aliphatic rings. The summed E-state index contributed by atoms with van der Waals surface area (Å²) in [6, 6.07) is 8.07. The second-order valence-electron chi connectivity index (χ2n) is 9.45. The Morgan fingerprint density at radius 3 is 2.32 bits per heavy atom. The highest BCUT2D eigenvalue weighted by atomic mass is 16.5. The molecule has 1 saturated carbocycles. The van der Waals surface area contributed by atoms with Crippen LogP contribution in [0, 0.1) is 18.8 Å². The molecule has 2 N–H and O–H groups in total. The van der Waals surface area contributed by atoms with Crippen molar-refractivity contribution in [2.75, 3.05) is 31.8 Å². The van der Waals surface area contributed by atoms with E-state index in [1.165, 1.54) is 19.2 Å². The molecule has 0 unspecified atom stereocenters. The zero-order chi connectivity index (χ0) is 26.7. The molecule has 2 aromatic heterocycles. The van der Waals surface area contributed by atoms with Crippen molar-refractivity contribution < 1.29 is 28.3 Å². The van der Waals surface area contributed by atoms with Gasteiger partial charge in [0.15, 0.2) is 0 Å². The Balaban J connectivity index is 1.62. The van der Waals surface area contributed by atoms with Gasteiger partial charge in [-0.15, -0.1) is 0 Å². The number of furan rings is 1. The highest BCUT2D eigenvalue weighted by Crippen LogP contribution is 2.35. The molecule has 1 aromatic carbocycles. The lowest BCUT2D eigenvalue weighted by atomic mass is 9.81. The molecule has 37 heavy (non-hydrogen) atoms. The molecule has 1 aliphatic carbocycles. The van der Waals surface area contributed by atoms with Crippen LogP contribution < -0.4 is 10.6 Å². The van der Waals surface area contributed by atoms with Gasteiger partial charge in [0.2, 0.25) is 17.6 Å². The summed E-state index contributed by atoms with van der Waals surface area (Å²) in [5.74, 6) is -1.56. The Kier molecular flexibility index (Phi) is 7.56. The molecule has 3 aromatic rings. The molecular weight excluding hydrogens is 476 g/mol. The minimum absolute atomic E-state index is 0.0682. The van der Waals surface area contributed by atoms with Crippen LogP contribution in [-0.4, -0.2) is 54.8 Å². The lowest BCUT2D eigenvalue weighted by Gasteiger charge is -2.28. The summed E-state index contributed by atoms with van der Waals surface area (Å²) >= 11 is 0. The quantitative estimate of drug-likeness (QED) is 0.483. The minimum atomic E-state index is -0.595. The van der Waals surface area contributed by atoms with Gasteiger partial charge in [0.1, 0.15) is 17.1 Å². The van der Waals surface area contributed by atoms with Crippen molar-refractivity contribution in [3.63, 3.8) is 0 Å². The number of esters is 1. The standard InChI is InChI=1S/C27H30N4O6/c1-15-5-12-21(28-14-15)29-25(33)23-22(19-13-18(27(35)36-4)10-11-20(19)37-23)30-24(32)16-6-8-17(9-7-16)26(34)31(2)3/h5,10-14,16-17H,6-9H2,1-4H3,(H,30,32)(H,28,29,33). The number of rotatable bonds is 6. The fourth-order valence-corrected chi connectivity index (χ4v) is 4.53. The van der Waals surface area contributed by atoms with Gasteiger partial charge >= 0.3 is 5.97 Å². The Bertz CT molecular complexity index is 1340. The highest BCUT2D eigenvalue weighted by Gasteiger charge is 2.32. The number of aryl methyl sites for hydroxylation is 1. The van der Waals surface area contributed by atoms with Crippen molar-refractivity contribution in [1.29, 1.82) is 0 Å². The number of pyridine rings is 1. The lowest BCUT2D eigenvalue weighted by Crippen LogP contribution is -2.35. The van der Waals surface area contributed by atoms with Crippen molar-refractivity contribution in [1.82, 2.24) is 9.88 Å². The maximum atomic E-state index is 13.3. The van der Waals surface area contributed by atoms with Gasteiger partial charge in [0.25, 0.3) is 5.91 Å². The van der Waals surface area contributed by atoms with Gasteiger partial charge in [-0.1, -0.05) is 6.07 Å². The number of ether oxygens (including phenoxy) is 1. The lowest BCUT2D eigenvalue weighted by molar-refractivity contribution is -0.135. The van der Waals surface area contributed by atoms with Crippen LogP contribution in [0.2, 0.25) is 0 Å². The van der Waals surface area contributed by atoms with E-state index in [-0.39, 0.29) is 40.7 Å². The predicted molar refractivity (Wildman–Crippen MR) is 137 cm³/mol. The molecule has 2 heterocycles. The molecule has 0 aliphatic heterocycles. The predicted octanol–water partition coefficient (Wildman–Crippen LogP) is 4.01. The number of nitrogens with zero attached hydrogens (tertiary/aromatic N) is 2. The van der Waals surface area contributed by atoms with Gasteiger partial charge in [0, 0.05) is 37.5 Å². The summed E-state index contributed by atoms with van der Waals surface area (Å²) in [7, 11) is 4.73. The van der Waals surface area contributed by atoms with E-state index in [2.05, 4.69) is 15.6 Å². The van der Waals surface area contributed by atoms with E-state index >= 15 is 0 Å². The first-order valence-electron chi connectivity index (χ1n) is 12.1. The fraction of sp³-hybridized carbons (Fsp3) is 0.370. The van der Waals surface area contributed by atoms with E-state index in [9.17, 15) is 19.2 Å². The number of hydrogen-bond acceptors (Lipinski definition) is 7. The third kappa shape index (κ3) is 5.63. The van der Waals surface area contributed by atoms with Crippen LogP contribution in [0.4, 0.5) is 11.5 Å². The summed E-state index contributed by atoms with van der Waals surface area (Å²) < 4.78 is 10.6. The molecular formula is C27H30N4O6. The van der Waals surface area contributed by atoms with Gasteiger partial charge in [-0.2, -0.15) is 0 Å². The van der Waals surface area contributed by atoms with Crippen LogP contribution in [0.5, 0.6) is 0 Å². The average molecular weight is 507 g/mol. The number of fused-ring (bicyclic) bond motifs is 1. The molecule has 10 heteroatoms. The molecule has 10 nitrogen and oxygen atoms in total. The second kappa shape index (κ2) is 10.8. The average Bonchev–Trinajstić information content (AvgIpc) is 3.26. The van der Waals surface area contributed by atoms with Gasteiger partial charge in [-0.25, -0.2) is 9.78 Å². The van der Waals surface area contributed by atoms with Crippen LogP contribution in [0.1, 0.15) is 52.2 Å². The van der Waals surface area contributed by atoms with Gasteiger partial charge in [0.05, 0.1) is 12.7 Å². The van der Waals surface area contributed by atoms with Crippen LogP contribution in [-0.2, 0) is 14.3 Å². The zero-order valence-electron chi connectivity index (χ0n) is 21.3. The highest BCUT2D eigenvalue weighted by molar-refractivity contribution is 6.15. The molecule has 3 amide bonds. The van der Waals surface area contributed by atoms with Crippen LogP contribution >= 0.6 is 0 Å². The summed E-state index contributed by atoms with van der Waals surface area (Å²) in [4.78, 5) is 56.6. The van der Waals surface area contributed by atoms with E-state index in [0.717, 1.165) is 5.56 Å². The Morgan fingerprint density at radius 2 is 1.70 bits per heavy atom. The van der Waals surface area contributed by atoms with Gasteiger partial charge < -0.3 is 24.7 Å². The van der Waals surface area contributed by atoms with Crippen molar-refractivity contribution in [2.24, 2.45) is 11.8 Å². The second-order valence-corrected chi connectivity index (χ2v) is 9.45. The molecule has 0 radical (unpaired) electrons. The SMILES string of the molecule is COC(=O)c1ccc2oc(C(=O)Nc3ccc(C)cn3)c(NC(=O)C3CCC(C(=O)N(C)C)CC3)c2c1.